The van der Waals surface area contributed by atoms with Crippen LogP contribution in [0.15, 0.2) is 42.7 Å². The lowest BCUT2D eigenvalue weighted by atomic mass is 10.1. The Morgan fingerprint density at radius 3 is 2.79 bits per heavy atom. The fourth-order valence-electron chi connectivity index (χ4n) is 2.08. The molecule has 1 saturated carbocycles. The third-order valence-electron chi connectivity index (χ3n) is 3.30. The van der Waals surface area contributed by atoms with Gasteiger partial charge in [0.05, 0.1) is 12.4 Å². The van der Waals surface area contributed by atoms with Crippen LogP contribution in [0, 0.1) is 0 Å². The molecule has 1 aliphatic rings. The molecule has 1 aromatic carbocycles. The summed E-state index contributed by atoms with van der Waals surface area (Å²) < 4.78 is 7.81. The van der Waals surface area contributed by atoms with Gasteiger partial charge in [-0.15, -0.1) is 0 Å². The number of rotatable bonds is 6. The maximum atomic E-state index is 6.05. The van der Waals surface area contributed by atoms with Crippen LogP contribution in [0.25, 0.3) is 0 Å². The molecule has 100 valence electrons. The molecule has 4 heteroatoms. The van der Waals surface area contributed by atoms with E-state index in [0.29, 0.717) is 6.04 Å². The van der Waals surface area contributed by atoms with Crippen LogP contribution in [0.5, 0.6) is 5.75 Å². The lowest BCUT2D eigenvalue weighted by Crippen LogP contribution is -2.26. The van der Waals surface area contributed by atoms with Crippen molar-refractivity contribution in [3.8, 4) is 5.75 Å². The molecule has 0 radical (unpaired) electrons. The number of nitrogens with one attached hydrogen (secondary N) is 1. The zero-order valence-electron chi connectivity index (χ0n) is 11.1. The number of aromatic nitrogens is 2. The van der Waals surface area contributed by atoms with E-state index in [0.717, 1.165) is 12.3 Å². The Labute approximate surface area is 113 Å². The number of aryl methyl sites for hydroxylation is 1. The quantitative estimate of drug-likeness (QED) is 0.863. The number of hydrogen-bond acceptors (Lipinski definition) is 3. The van der Waals surface area contributed by atoms with Crippen molar-refractivity contribution in [3.63, 3.8) is 0 Å². The maximum absolute atomic E-state index is 6.05. The van der Waals surface area contributed by atoms with E-state index in [2.05, 4.69) is 22.5 Å². The smallest absolute Gasteiger partial charge is 0.158 e. The summed E-state index contributed by atoms with van der Waals surface area (Å²) in [5.41, 5.74) is 1.19. The van der Waals surface area contributed by atoms with Gasteiger partial charge in [0, 0.05) is 19.6 Å². The molecule has 4 nitrogen and oxygen atoms in total. The van der Waals surface area contributed by atoms with Gasteiger partial charge in [0.2, 0.25) is 0 Å². The van der Waals surface area contributed by atoms with E-state index in [4.69, 9.17) is 4.74 Å². The molecule has 0 amide bonds. The number of nitrogens with zero attached hydrogens (tertiary/aromatic N) is 2. The Hall–Kier alpha value is -1.81. The largest absolute Gasteiger partial charge is 0.481 e. The normalized spacial score (nSPS) is 16.3. The lowest BCUT2D eigenvalue weighted by Gasteiger charge is -2.19. The average Bonchev–Trinajstić information content (AvgIpc) is 3.18. The Bertz CT molecular complexity index is 519. The van der Waals surface area contributed by atoms with E-state index in [1.165, 1.54) is 18.4 Å². The SMILES string of the molecule is Cn1cc(OC(CNC2CC2)c2ccccc2)cn1. The van der Waals surface area contributed by atoms with Gasteiger partial charge >= 0.3 is 0 Å². The zero-order valence-corrected chi connectivity index (χ0v) is 11.1. The summed E-state index contributed by atoms with van der Waals surface area (Å²) in [5.74, 6) is 0.814. The van der Waals surface area contributed by atoms with Gasteiger partial charge in [0.25, 0.3) is 0 Å². The van der Waals surface area contributed by atoms with Crippen molar-refractivity contribution < 1.29 is 4.74 Å². The minimum atomic E-state index is 0.0333. The van der Waals surface area contributed by atoms with E-state index >= 15 is 0 Å². The Morgan fingerprint density at radius 2 is 2.16 bits per heavy atom. The molecule has 0 saturated heterocycles. The van der Waals surface area contributed by atoms with Crippen molar-refractivity contribution >= 4 is 0 Å². The van der Waals surface area contributed by atoms with Gasteiger partial charge in [-0.3, -0.25) is 4.68 Å². The molecule has 1 aliphatic carbocycles. The second kappa shape index (κ2) is 5.45. The van der Waals surface area contributed by atoms with Crippen LogP contribution in [0.3, 0.4) is 0 Å². The van der Waals surface area contributed by atoms with Crippen molar-refractivity contribution in [1.82, 2.24) is 15.1 Å². The Kier molecular flexibility index (Phi) is 3.51. The van der Waals surface area contributed by atoms with E-state index in [1.807, 2.05) is 31.4 Å². The molecule has 1 unspecified atom stereocenters. The summed E-state index contributed by atoms with van der Waals surface area (Å²) in [7, 11) is 1.90. The van der Waals surface area contributed by atoms with E-state index in [-0.39, 0.29) is 6.10 Å². The predicted molar refractivity (Wildman–Crippen MR) is 74.0 cm³/mol. The van der Waals surface area contributed by atoms with Crippen LogP contribution in [0.2, 0.25) is 0 Å². The average molecular weight is 257 g/mol. The first-order valence-corrected chi connectivity index (χ1v) is 6.75. The third kappa shape index (κ3) is 3.35. The highest BCUT2D eigenvalue weighted by atomic mass is 16.5. The van der Waals surface area contributed by atoms with Gasteiger partial charge in [-0.25, -0.2) is 0 Å². The summed E-state index contributed by atoms with van der Waals surface area (Å²) in [6.07, 6.45) is 6.26. The molecular formula is C15H19N3O. The highest BCUT2D eigenvalue weighted by Crippen LogP contribution is 2.24. The van der Waals surface area contributed by atoms with E-state index in [9.17, 15) is 0 Å². The van der Waals surface area contributed by atoms with Gasteiger partial charge in [-0.1, -0.05) is 30.3 Å². The topological polar surface area (TPSA) is 39.1 Å². The van der Waals surface area contributed by atoms with Gasteiger partial charge in [0.1, 0.15) is 6.10 Å². The maximum Gasteiger partial charge on any atom is 0.158 e. The van der Waals surface area contributed by atoms with Crippen molar-refractivity contribution in [3.05, 3.63) is 48.3 Å². The first kappa shape index (κ1) is 12.2. The standard InChI is InChI=1S/C15H19N3O/c1-18-11-14(9-17-18)19-15(10-16-13-7-8-13)12-5-3-2-4-6-12/h2-6,9,11,13,15-16H,7-8,10H2,1H3. The van der Waals surface area contributed by atoms with Crippen LogP contribution in [0.1, 0.15) is 24.5 Å². The minimum absolute atomic E-state index is 0.0333. The Morgan fingerprint density at radius 1 is 1.37 bits per heavy atom. The van der Waals surface area contributed by atoms with Gasteiger partial charge in [0.15, 0.2) is 5.75 Å². The molecule has 2 aromatic rings. The number of benzene rings is 1. The van der Waals surface area contributed by atoms with Gasteiger partial charge < -0.3 is 10.1 Å². The summed E-state index contributed by atoms with van der Waals surface area (Å²) in [4.78, 5) is 0. The van der Waals surface area contributed by atoms with Crippen LogP contribution < -0.4 is 10.1 Å². The third-order valence-corrected chi connectivity index (χ3v) is 3.30. The van der Waals surface area contributed by atoms with Crippen molar-refractivity contribution in [2.24, 2.45) is 7.05 Å². The minimum Gasteiger partial charge on any atom is -0.481 e. The molecule has 19 heavy (non-hydrogen) atoms. The molecule has 3 rings (SSSR count). The first-order valence-electron chi connectivity index (χ1n) is 6.75. The summed E-state index contributed by atoms with van der Waals surface area (Å²) in [6.45, 7) is 0.837. The fraction of sp³-hybridized carbons (Fsp3) is 0.400. The molecule has 1 N–H and O–H groups in total. The number of hydrogen-bond donors (Lipinski definition) is 1. The molecule has 1 atom stereocenters. The molecule has 1 fully saturated rings. The predicted octanol–water partition coefficient (Wildman–Crippen LogP) is 2.29. The van der Waals surface area contributed by atoms with Gasteiger partial charge in [-0.05, 0) is 18.4 Å². The molecular weight excluding hydrogens is 238 g/mol. The van der Waals surface area contributed by atoms with Crippen molar-refractivity contribution in [2.75, 3.05) is 6.54 Å². The van der Waals surface area contributed by atoms with Crippen LogP contribution in [-0.2, 0) is 7.05 Å². The molecule has 0 bridgehead atoms. The molecule has 0 aliphatic heterocycles. The second-order valence-corrected chi connectivity index (χ2v) is 5.05. The monoisotopic (exact) mass is 257 g/mol. The summed E-state index contributed by atoms with van der Waals surface area (Å²) >= 11 is 0. The molecule has 1 heterocycles. The highest BCUT2D eigenvalue weighted by Gasteiger charge is 2.23. The van der Waals surface area contributed by atoms with Crippen molar-refractivity contribution in [2.45, 2.75) is 25.0 Å². The van der Waals surface area contributed by atoms with Crippen LogP contribution >= 0.6 is 0 Å². The number of ether oxygens (including phenoxy) is 1. The van der Waals surface area contributed by atoms with Crippen molar-refractivity contribution in [1.29, 1.82) is 0 Å². The van der Waals surface area contributed by atoms with Crippen LogP contribution in [0.4, 0.5) is 0 Å². The lowest BCUT2D eigenvalue weighted by molar-refractivity contribution is 0.201. The van der Waals surface area contributed by atoms with Crippen LogP contribution in [-0.4, -0.2) is 22.4 Å². The van der Waals surface area contributed by atoms with Gasteiger partial charge in [-0.2, -0.15) is 5.10 Å². The fourth-order valence-corrected chi connectivity index (χ4v) is 2.08. The first-order chi connectivity index (χ1) is 9.31. The highest BCUT2D eigenvalue weighted by molar-refractivity contribution is 5.21. The summed E-state index contributed by atoms with van der Waals surface area (Å²) in [6, 6.07) is 11.0. The Balaban J connectivity index is 1.71. The van der Waals surface area contributed by atoms with E-state index in [1.54, 1.807) is 10.9 Å². The molecule has 1 aromatic heterocycles. The molecule has 0 spiro atoms. The van der Waals surface area contributed by atoms with E-state index < -0.39 is 0 Å². The second-order valence-electron chi connectivity index (χ2n) is 5.05. The zero-order chi connectivity index (χ0) is 13.1. The summed E-state index contributed by atoms with van der Waals surface area (Å²) in [5, 5.41) is 7.67.